The smallest absolute Gasteiger partial charge is 0.245 e. The van der Waals surface area contributed by atoms with Crippen molar-refractivity contribution in [1.82, 2.24) is 20.4 Å². The molecule has 0 aromatic heterocycles. The molecule has 2 heterocycles. The average molecular weight is 397 g/mol. The van der Waals surface area contributed by atoms with Crippen LogP contribution in [0.5, 0.6) is 0 Å². The van der Waals surface area contributed by atoms with E-state index in [0.717, 1.165) is 45.4 Å². The lowest BCUT2D eigenvalue weighted by Gasteiger charge is -2.35. The van der Waals surface area contributed by atoms with Gasteiger partial charge in [-0.25, -0.2) is 0 Å². The Morgan fingerprint density at radius 2 is 1.75 bits per heavy atom. The topological polar surface area (TPSA) is 64.7 Å². The Hall–Kier alpha value is -1.14. The fraction of sp³-hybridized carbons (Fsp3) is 0.909. The summed E-state index contributed by atoms with van der Waals surface area (Å²) in [5, 5.41) is 6.29. The zero-order valence-corrected chi connectivity index (χ0v) is 19.1. The highest BCUT2D eigenvalue weighted by Gasteiger charge is 2.36. The van der Waals surface area contributed by atoms with E-state index in [-0.39, 0.29) is 23.3 Å². The summed E-state index contributed by atoms with van der Waals surface area (Å²) in [4.78, 5) is 29.8. The van der Waals surface area contributed by atoms with Crippen LogP contribution in [0.2, 0.25) is 0 Å². The number of carbonyl (C=O) groups is 2. The van der Waals surface area contributed by atoms with Gasteiger partial charge in [-0.15, -0.1) is 0 Å². The Balaban J connectivity index is 0.00000122. The van der Waals surface area contributed by atoms with Gasteiger partial charge in [0.15, 0.2) is 0 Å². The van der Waals surface area contributed by atoms with Crippen LogP contribution >= 0.6 is 0 Å². The SMILES string of the molecule is CCC.CN(CCN1CCCC1)C(=O)C(NC(=O)C1CCCCN1)C(C)(C)C. The quantitative estimate of drug-likeness (QED) is 0.724. The van der Waals surface area contributed by atoms with Crippen LogP contribution in [-0.4, -0.2) is 73.5 Å². The first kappa shape index (κ1) is 24.9. The maximum atomic E-state index is 13.0. The fourth-order valence-electron chi connectivity index (χ4n) is 3.60. The highest BCUT2D eigenvalue weighted by atomic mass is 16.2. The normalized spacial score (nSPS) is 21.4. The van der Waals surface area contributed by atoms with E-state index in [9.17, 15) is 9.59 Å². The molecule has 2 atom stereocenters. The van der Waals surface area contributed by atoms with E-state index < -0.39 is 6.04 Å². The van der Waals surface area contributed by atoms with Gasteiger partial charge in [-0.1, -0.05) is 47.5 Å². The van der Waals surface area contributed by atoms with E-state index in [1.807, 2.05) is 27.8 Å². The maximum Gasteiger partial charge on any atom is 0.245 e. The fourth-order valence-corrected chi connectivity index (χ4v) is 3.60. The predicted molar refractivity (Wildman–Crippen MR) is 116 cm³/mol. The molecule has 6 heteroatoms. The van der Waals surface area contributed by atoms with E-state index in [0.29, 0.717) is 6.54 Å². The number of hydrogen-bond acceptors (Lipinski definition) is 4. The molecule has 0 radical (unpaired) electrons. The molecule has 2 rings (SSSR count). The third-order valence-corrected chi connectivity index (χ3v) is 5.35. The summed E-state index contributed by atoms with van der Waals surface area (Å²) < 4.78 is 0. The van der Waals surface area contributed by atoms with Crippen LogP contribution in [0, 0.1) is 5.41 Å². The second-order valence-electron chi connectivity index (χ2n) is 9.33. The van der Waals surface area contributed by atoms with Crippen molar-refractivity contribution in [3.05, 3.63) is 0 Å². The zero-order chi connectivity index (χ0) is 21.2. The molecule has 164 valence electrons. The predicted octanol–water partition coefficient (Wildman–Crippen LogP) is 2.63. The molecule has 0 saturated carbocycles. The Morgan fingerprint density at radius 1 is 1.14 bits per heavy atom. The summed E-state index contributed by atoms with van der Waals surface area (Å²) >= 11 is 0. The third kappa shape index (κ3) is 8.48. The van der Waals surface area contributed by atoms with Crippen molar-refractivity contribution in [2.45, 2.75) is 85.2 Å². The second kappa shape index (κ2) is 12.4. The van der Waals surface area contributed by atoms with Crippen LogP contribution < -0.4 is 10.6 Å². The first-order valence-electron chi connectivity index (χ1n) is 11.2. The van der Waals surface area contributed by atoms with Crippen molar-refractivity contribution in [3.8, 4) is 0 Å². The molecule has 2 aliphatic heterocycles. The molecule has 0 aromatic rings. The summed E-state index contributed by atoms with van der Waals surface area (Å²) in [6.07, 6.45) is 6.79. The number of carbonyl (C=O) groups excluding carboxylic acids is 2. The lowest BCUT2D eigenvalue weighted by molar-refractivity contribution is -0.139. The van der Waals surface area contributed by atoms with Crippen molar-refractivity contribution < 1.29 is 9.59 Å². The minimum absolute atomic E-state index is 0.0101. The summed E-state index contributed by atoms with van der Waals surface area (Å²) in [7, 11) is 1.85. The number of nitrogens with zero attached hydrogens (tertiary/aromatic N) is 2. The number of amides is 2. The first-order valence-corrected chi connectivity index (χ1v) is 11.2. The Morgan fingerprint density at radius 3 is 2.25 bits per heavy atom. The van der Waals surface area contributed by atoms with Crippen LogP contribution in [-0.2, 0) is 9.59 Å². The molecule has 28 heavy (non-hydrogen) atoms. The average Bonchev–Trinajstić information content (AvgIpc) is 3.17. The molecule has 2 aliphatic rings. The number of piperidine rings is 1. The van der Waals surface area contributed by atoms with E-state index in [4.69, 9.17) is 0 Å². The molecular weight excluding hydrogens is 352 g/mol. The van der Waals surface area contributed by atoms with Gasteiger partial charge in [0.25, 0.3) is 0 Å². The van der Waals surface area contributed by atoms with Gasteiger partial charge in [-0.05, 0) is 50.7 Å². The van der Waals surface area contributed by atoms with Crippen molar-refractivity contribution in [2.75, 3.05) is 39.8 Å². The molecule has 2 unspecified atom stereocenters. The highest BCUT2D eigenvalue weighted by Crippen LogP contribution is 2.22. The largest absolute Gasteiger partial charge is 0.343 e. The van der Waals surface area contributed by atoms with Crippen LogP contribution in [0.15, 0.2) is 0 Å². The third-order valence-electron chi connectivity index (χ3n) is 5.35. The van der Waals surface area contributed by atoms with Gasteiger partial charge in [0.05, 0.1) is 6.04 Å². The molecule has 2 fully saturated rings. The van der Waals surface area contributed by atoms with E-state index in [1.54, 1.807) is 4.90 Å². The number of likely N-dealkylation sites (N-methyl/N-ethyl adjacent to an activating group) is 1. The number of hydrogen-bond donors (Lipinski definition) is 2. The highest BCUT2D eigenvalue weighted by molar-refractivity contribution is 5.90. The van der Waals surface area contributed by atoms with Crippen LogP contribution in [0.4, 0.5) is 0 Å². The minimum Gasteiger partial charge on any atom is -0.343 e. The Bertz CT molecular complexity index is 464. The molecule has 0 aromatic carbocycles. The van der Waals surface area contributed by atoms with Gasteiger partial charge in [0.2, 0.25) is 11.8 Å². The lowest BCUT2D eigenvalue weighted by Crippen LogP contribution is -2.58. The van der Waals surface area contributed by atoms with Crippen molar-refractivity contribution in [3.63, 3.8) is 0 Å². The number of likely N-dealkylation sites (tertiary alicyclic amines) is 1. The molecule has 6 nitrogen and oxygen atoms in total. The van der Waals surface area contributed by atoms with Crippen molar-refractivity contribution >= 4 is 11.8 Å². The van der Waals surface area contributed by atoms with Gasteiger partial charge in [-0.3, -0.25) is 9.59 Å². The van der Waals surface area contributed by atoms with E-state index in [2.05, 4.69) is 29.4 Å². The molecule has 0 spiro atoms. The Kier molecular flexibility index (Phi) is 11.1. The number of rotatable bonds is 6. The van der Waals surface area contributed by atoms with Crippen molar-refractivity contribution in [1.29, 1.82) is 0 Å². The molecule has 2 amide bonds. The van der Waals surface area contributed by atoms with Crippen LogP contribution in [0.3, 0.4) is 0 Å². The van der Waals surface area contributed by atoms with Crippen LogP contribution in [0.1, 0.15) is 73.1 Å². The standard InChI is InChI=1S/C19H36N4O2.C3H8/c1-19(2,3)16(21-17(24)15-9-5-6-10-20-15)18(25)22(4)13-14-23-11-7-8-12-23;1-3-2/h15-16,20H,5-14H2,1-4H3,(H,21,24);3H2,1-2H3. The van der Waals surface area contributed by atoms with Crippen molar-refractivity contribution in [2.24, 2.45) is 5.41 Å². The molecule has 0 aliphatic carbocycles. The first-order chi connectivity index (χ1) is 13.2. The Labute approximate surface area is 172 Å². The summed E-state index contributed by atoms with van der Waals surface area (Å²) in [5.74, 6) is -0.0308. The summed E-state index contributed by atoms with van der Waals surface area (Å²) in [5.41, 5.74) is -0.316. The second-order valence-corrected chi connectivity index (χ2v) is 9.33. The summed E-state index contributed by atoms with van der Waals surface area (Å²) in [6.45, 7) is 15.1. The van der Waals surface area contributed by atoms with E-state index >= 15 is 0 Å². The molecular formula is C22H44N4O2. The van der Waals surface area contributed by atoms with E-state index in [1.165, 1.54) is 19.3 Å². The molecule has 2 N–H and O–H groups in total. The minimum atomic E-state index is -0.493. The zero-order valence-electron chi connectivity index (χ0n) is 19.1. The maximum absolute atomic E-state index is 13.0. The van der Waals surface area contributed by atoms with Gasteiger partial charge >= 0.3 is 0 Å². The molecule has 2 saturated heterocycles. The van der Waals surface area contributed by atoms with Gasteiger partial charge < -0.3 is 20.4 Å². The number of nitrogens with one attached hydrogen (secondary N) is 2. The van der Waals surface area contributed by atoms with Crippen LogP contribution in [0.25, 0.3) is 0 Å². The van der Waals surface area contributed by atoms with Gasteiger partial charge in [0.1, 0.15) is 6.04 Å². The molecule has 0 bridgehead atoms. The summed E-state index contributed by atoms with van der Waals surface area (Å²) in [6, 6.07) is -0.659. The monoisotopic (exact) mass is 396 g/mol. The van der Waals surface area contributed by atoms with Gasteiger partial charge in [0, 0.05) is 20.1 Å². The lowest BCUT2D eigenvalue weighted by atomic mass is 9.85. The van der Waals surface area contributed by atoms with Gasteiger partial charge in [-0.2, -0.15) is 0 Å².